The number of benzene rings is 2. The van der Waals surface area contributed by atoms with Crippen LogP contribution in [0.4, 0.5) is 15.9 Å². The van der Waals surface area contributed by atoms with E-state index in [2.05, 4.69) is 20.0 Å². The van der Waals surface area contributed by atoms with E-state index < -0.39 is 21.7 Å². The van der Waals surface area contributed by atoms with Crippen LogP contribution in [-0.4, -0.2) is 24.3 Å². The first-order valence-electron chi connectivity index (χ1n) is 9.24. The summed E-state index contributed by atoms with van der Waals surface area (Å²) in [6.07, 6.45) is 1.48. The topological polar surface area (TPSA) is 101 Å². The largest absolute Gasteiger partial charge is 0.322 e. The molecule has 156 valence electrons. The Hall–Kier alpha value is -3.85. The van der Waals surface area contributed by atoms with Crippen molar-refractivity contribution >= 4 is 38.3 Å². The van der Waals surface area contributed by atoms with Crippen LogP contribution in [0.1, 0.15) is 16.1 Å². The SMILES string of the molecule is Cc1cc(C(=O)Nc2ccc(S(=O)(=O)Nc3ccccn3)cc2)c2cc(F)ccc2n1. The highest BCUT2D eigenvalue weighted by molar-refractivity contribution is 7.92. The maximum Gasteiger partial charge on any atom is 0.263 e. The van der Waals surface area contributed by atoms with E-state index in [4.69, 9.17) is 0 Å². The second kappa shape index (κ2) is 8.11. The Bertz CT molecular complexity index is 1380. The van der Waals surface area contributed by atoms with Gasteiger partial charge < -0.3 is 5.32 Å². The van der Waals surface area contributed by atoms with Crippen LogP contribution in [0.2, 0.25) is 0 Å². The Kier molecular flexibility index (Phi) is 5.35. The maximum absolute atomic E-state index is 13.7. The van der Waals surface area contributed by atoms with Gasteiger partial charge in [0, 0.05) is 23.0 Å². The Morgan fingerprint density at radius 2 is 1.77 bits per heavy atom. The summed E-state index contributed by atoms with van der Waals surface area (Å²) in [6.45, 7) is 1.74. The van der Waals surface area contributed by atoms with Crippen molar-refractivity contribution in [3.63, 3.8) is 0 Å². The van der Waals surface area contributed by atoms with Crippen molar-refractivity contribution in [2.24, 2.45) is 0 Å². The van der Waals surface area contributed by atoms with E-state index in [0.717, 1.165) is 0 Å². The highest BCUT2D eigenvalue weighted by Crippen LogP contribution is 2.22. The first-order chi connectivity index (χ1) is 14.8. The minimum atomic E-state index is -3.83. The molecule has 4 rings (SSSR count). The molecule has 0 unspecified atom stereocenters. The molecule has 9 heteroatoms. The van der Waals surface area contributed by atoms with Crippen molar-refractivity contribution in [1.82, 2.24) is 9.97 Å². The first-order valence-corrected chi connectivity index (χ1v) is 10.7. The lowest BCUT2D eigenvalue weighted by molar-refractivity contribution is 0.102. The fourth-order valence-corrected chi connectivity index (χ4v) is 4.06. The van der Waals surface area contributed by atoms with Gasteiger partial charge in [0.15, 0.2) is 0 Å². The number of carbonyl (C=O) groups excluding carboxylic acids is 1. The van der Waals surface area contributed by atoms with Gasteiger partial charge in [-0.2, -0.15) is 0 Å². The number of aromatic nitrogens is 2. The number of anilines is 2. The monoisotopic (exact) mass is 436 g/mol. The summed E-state index contributed by atoms with van der Waals surface area (Å²) in [5, 5.41) is 3.10. The molecule has 0 radical (unpaired) electrons. The average molecular weight is 436 g/mol. The number of carbonyl (C=O) groups is 1. The molecule has 0 bridgehead atoms. The van der Waals surface area contributed by atoms with Gasteiger partial charge in [-0.3, -0.25) is 14.5 Å². The zero-order chi connectivity index (χ0) is 22.0. The van der Waals surface area contributed by atoms with Crippen molar-refractivity contribution in [3.8, 4) is 0 Å². The molecule has 0 atom stereocenters. The van der Waals surface area contributed by atoms with Crippen molar-refractivity contribution in [2.75, 3.05) is 10.0 Å². The standard InChI is InChI=1S/C22H17FN4O3S/c1-14-12-19(18-13-15(23)5-10-20(18)25-14)22(28)26-16-6-8-17(9-7-16)31(29,30)27-21-4-2-3-11-24-21/h2-13H,1H3,(H,24,27)(H,26,28). The number of halogens is 1. The number of hydrogen-bond acceptors (Lipinski definition) is 5. The van der Waals surface area contributed by atoms with Crippen LogP contribution in [0, 0.1) is 12.7 Å². The molecule has 0 saturated carbocycles. The first kappa shape index (κ1) is 20.4. The number of amides is 1. The Morgan fingerprint density at radius 3 is 2.48 bits per heavy atom. The Morgan fingerprint density at radius 1 is 1.00 bits per heavy atom. The highest BCUT2D eigenvalue weighted by atomic mass is 32.2. The summed E-state index contributed by atoms with van der Waals surface area (Å²) in [7, 11) is -3.83. The number of aryl methyl sites for hydroxylation is 1. The average Bonchev–Trinajstić information content (AvgIpc) is 2.74. The van der Waals surface area contributed by atoms with Crippen LogP contribution < -0.4 is 10.0 Å². The van der Waals surface area contributed by atoms with Gasteiger partial charge in [0.05, 0.1) is 16.0 Å². The predicted octanol–water partition coefficient (Wildman–Crippen LogP) is 4.13. The lowest BCUT2D eigenvalue weighted by Crippen LogP contribution is -2.15. The number of rotatable bonds is 5. The van der Waals surface area contributed by atoms with E-state index in [-0.39, 0.29) is 16.3 Å². The Balaban J connectivity index is 1.56. The number of nitrogens with one attached hydrogen (secondary N) is 2. The molecular formula is C22H17FN4O3S. The van der Waals surface area contributed by atoms with E-state index in [1.165, 1.54) is 54.7 Å². The van der Waals surface area contributed by atoms with Crippen LogP contribution >= 0.6 is 0 Å². The molecule has 1 amide bonds. The van der Waals surface area contributed by atoms with Gasteiger partial charge in [-0.05, 0) is 67.6 Å². The fourth-order valence-electron chi connectivity index (χ4n) is 3.05. The maximum atomic E-state index is 13.7. The van der Waals surface area contributed by atoms with E-state index in [0.29, 0.717) is 22.3 Å². The molecular weight excluding hydrogens is 419 g/mol. The lowest BCUT2D eigenvalue weighted by Gasteiger charge is -2.11. The van der Waals surface area contributed by atoms with Crippen molar-refractivity contribution < 1.29 is 17.6 Å². The number of pyridine rings is 2. The van der Waals surface area contributed by atoms with Crippen molar-refractivity contribution in [3.05, 3.63) is 90.0 Å². The molecule has 0 aliphatic rings. The van der Waals surface area contributed by atoms with Gasteiger partial charge in [-0.15, -0.1) is 0 Å². The highest BCUT2D eigenvalue weighted by Gasteiger charge is 2.16. The van der Waals surface area contributed by atoms with Gasteiger partial charge in [0.2, 0.25) is 0 Å². The zero-order valence-corrected chi connectivity index (χ0v) is 17.2. The van der Waals surface area contributed by atoms with Crippen molar-refractivity contribution in [1.29, 1.82) is 0 Å². The lowest BCUT2D eigenvalue weighted by atomic mass is 10.1. The van der Waals surface area contributed by atoms with E-state index in [9.17, 15) is 17.6 Å². The van der Waals surface area contributed by atoms with Crippen LogP contribution in [-0.2, 0) is 10.0 Å². The van der Waals surface area contributed by atoms with Gasteiger partial charge in [0.25, 0.3) is 15.9 Å². The van der Waals surface area contributed by atoms with Crippen molar-refractivity contribution in [2.45, 2.75) is 11.8 Å². The van der Waals surface area contributed by atoms with Crippen LogP contribution in [0.3, 0.4) is 0 Å². The van der Waals surface area contributed by atoms with Gasteiger partial charge in [-0.25, -0.2) is 17.8 Å². The predicted molar refractivity (Wildman–Crippen MR) is 116 cm³/mol. The van der Waals surface area contributed by atoms with Gasteiger partial charge in [0.1, 0.15) is 11.6 Å². The van der Waals surface area contributed by atoms with E-state index in [1.54, 1.807) is 25.1 Å². The molecule has 0 saturated heterocycles. The fraction of sp³-hybridized carbons (Fsp3) is 0.0455. The van der Waals surface area contributed by atoms with Crippen LogP contribution in [0.25, 0.3) is 10.9 Å². The summed E-state index contributed by atoms with van der Waals surface area (Å²) in [6, 6.07) is 16.2. The zero-order valence-electron chi connectivity index (χ0n) is 16.3. The quantitative estimate of drug-likeness (QED) is 0.490. The minimum Gasteiger partial charge on any atom is -0.322 e. The third-order valence-corrected chi connectivity index (χ3v) is 5.84. The summed E-state index contributed by atoms with van der Waals surface area (Å²) in [4.78, 5) is 21.1. The minimum absolute atomic E-state index is 0.0171. The second-order valence-corrected chi connectivity index (χ2v) is 8.45. The summed E-state index contributed by atoms with van der Waals surface area (Å²) in [5.41, 5.74) is 1.79. The number of fused-ring (bicyclic) bond motifs is 1. The molecule has 0 aliphatic carbocycles. The molecule has 0 fully saturated rings. The molecule has 2 heterocycles. The molecule has 0 aliphatic heterocycles. The molecule has 0 spiro atoms. The normalized spacial score (nSPS) is 11.3. The van der Waals surface area contributed by atoms with E-state index in [1.807, 2.05) is 0 Å². The molecule has 31 heavy (non-hydrogen) atoms. The third kappa shape index (κ3) is 4.51. The molecule has 2 N–H and O–H groups in total. The number of sulfonamides is 1. The summed E-state index contributed by atoms with van der Waals surface area (Å²) >= 11 is 0. The van der Waals surface area contributed by atoms with E-state index >= 15 is 0 Å². The molecule has 2 aromatic carbocycles. The molecule has 2 aromatic heterocycles. The number of nitrogens with zero attached hydrogens (tertiary/aromatic N) is 2. The Labute approximate surface area is 178 Å². The summed E-state index contributed by atoms with van der Waals surface area (Å²) < 4.78 is 41.1. The smallest absolute Gasteiger partial charge is 0.263 e. The molecule has 4 aromatic rings. The van der Waals surface area contributed by atoms with Gasteiger partial charge in [-0.1, -0.05) is 6.07 Å². The molecule has 7 nitrogen and oxygen atoms in total. The van der Waals surface area contributed by atoms with Crippen LogP contribution in [0.15, 0.2) is 77.8 Å². The summed E-state index contributed by atoms with van der Waals surface area (Å²) in [5.74, 6) is -0.725. The van der Waals surface area contributed by atoms with Crippen LogP contribution in [0.5, 0.6) is 0 Å². The van der Waals surface area contributed by atoms with Gasteiger partial charge >= 0.3 is 0 Å². The third-order valence-electron chi connectivity index (χ3n) is 4.47. The second-order valence-electron chi connectivity index (χ2n) is 6.77. The number of hydrogen-bond donors (Lipinski definition) is 2.